The molecule has 164 valence electrons. The molecule has 1 fully saturated rings. The minimum absolute atomic E-state index is 0.197. The minimum atomic E-state index is -4.85. The number of nitrogens with one attached hydrogen (secondary N) is 2. The van der Waals surface area contributed by atoms with Gasteiger partial charge in [0.25, 0.3) is 10.0 Å². The first-order chi connectivity index (χ1) is 14.0. The molecule has 0 radical (unpaired) electrons. The number of alkyl halides is 3. The molecule has 30 heavy (non-hydrogen) atoms. The van der Waals surface area contributed by atoms with Gasteiger partial charge >= 0.3 is 6.36 Å². The minimum Gasteiger partial charge on any atom is -0.406 e. The van der Waals surface area contributed by atoms with E-state index < -0.39 is 22.1 Å². The van der Waals surface area contributed by atoms with Gasteiger partial charge < -0.3 is 15.0 Å². The maximum absolute atomic E-state index is 12.6. The third kappa shape index (κ3) is 6.16. The van der Waals surface area contributed by atoms with Crippen molar-refractivity contribution in [1.82, 2.24) is 4.90 Å². The molecule has 2 aromatic rings. The maximum atomic E-state index is 12.6. The van der Waals surface area contributed by atoms with E-state index in [1.54, 1.807) is 12.1 Å². The number of rotatable bonds is 6. The summed E-state index contributed by atoms with van der Waals surface area (Å²) in [6, 6.07) is 8.88. The van der Waals surface area contributed by atoms with Crippen molar-refractivity contribution < 1.29 is 26.3 Å². The molecule has 0 aliphatic carbocycles. The Bertz CT molecular complexity index is 977. The summed E-state index contributed by atoms with van der Waals surface area (Å²) in [4.78, 5) is 2.03. The van der Waals surface area contributed by atoms with Crippen molar-refractivity contribution in [3.63, 3.8) is 0 Å². The van der Waals surface area contributed by atoms with Crippen LogP contribution in [0, 0.1) is 0 Å². The van der Waals surface area contributed by atoms with Gasteiger partial charge in [0, 0.05) is 6.04 Å². The summed E-state index contributed by atoms with van der Waals surface area (Å²) in [5, 5.41) is 3.81. The average molecular weight is 464 g/mol. The van der Waals surface area contributed by atoms with Gasteiger partial charge in [-0.3, -0.25) is 4.72 Å². The van der Waals surface area contributed by atoms with Crippen molar-refractivity contribution in [3.8, 4) is 5.75 Å². The highest BCUT2D eigenvalue weighted by molar-refractivity contribution is 7.92. The molecule has 2 aromatic carbocycles. The fourth-order valence-corrected chi connectivity index (χ4v) is 4.33. The summed E-state index contributed by atoms with van der Waals surface area (Å²) in [5.41, 5.74) is 0.894. The van der Waals surface area contributed by atoms with Crippen molar-refractivity contribution in [2.75, 3.05) is 30.2 Å². The molecule has 0 unspecified atom stereocenters. The number of anilines is 2. The molecule has 11 heteroatoms. The molecule has 3 rings (SSSR count). The van der Waals surface area contributed by atoms with Crippen LogP contribution in [0.4, 0.5) is 24.5 Å². The van der Waals surface area contributed by atoms with Gasteiger partial charge in [-0.05, 0) is 75.4 Å². The second kappa shape index (κ2) is 8.91. The largest absolute Gasteiger partial charge is 0.573 e. The summed E-state index contributed by atoms with van der Waals surface area (Å²) in [6.07, 6.45) is -2.97. The van der Waals surface area contributed by atoms with E-state index >= 15 is 0 Å². The smallest absolute Gasteiger partial charge is 0.406 e. The maximum Gasteiger partial charge on any atom is 0.573 e. The van der Waals surface area contributed by atoms with Gasteiger partial charge in [0.2, 0.25) is 0 Å². The molecular weight excluding hydrogens is 443 g/mol. The highest BCUT2D eigenvalue weighted by Gasteiger charge is 2.31. The lowest BCUT2D eigenvalue weighted by molar-refractivity contribution is -0.274. The van der Waals surface area contributed by atoms with E-state index in [2.05, 4.69) is 26.7 Å². The molecule has 1 aliphatic heterocycles. The summed E-state index contributed by atoms with van der Waals surface area (Å²) in [7, 11) is -1.95. The van der Waals surface area contributed by atoms with Crippen LogP contribution in [-0.2, 0) is 10.0 Å². The monoisotopic (exact) mass is 463 g/mol. The highest BCUT2D eigenvalue weighted by Crippen LogP contribution is 2.29. The van der Waals surface area contributed by atoms with Crippen LogP contribution in [0.3, 0.4) is 0 Å². The zero-order valence-corrected chi connectivity index (χ0v) is 17.6. The predicted octanol–water partition coefficient (Wildman–Crippen LogP) is 4.55. The van der Waals surface area contributed by atoms with Crippen molar-refractivity contribution in [2.24, 2.45) is 0 Å². The Morgan fingerprint density at radius 3 is 2.33 bits per heavy atom. The van der Waals surface area contributed by atoms with Gasteiger partial charge in [0.05, 0.1) is 21.3 Å². The molecule has 0 aromatic heterocycles. The van der Waals surface area contributed by atoms with E-state index in [4.69, 9.17) is 11.6 Å². The Morgan fingerprint density at radius 2 is 1.73 bits per heavy atom. The van der Waals surface area contributed by atoms with Gasteiger partial charge in [0.1, 0.15) is 5.75 Å². The molecular formula is C19H21ClF3N3O3S. The van der Waals surface area contributed by atoms with Crippen LogP contribution in [0.15, 0.2) is 47.4 Å². The number of hydrogen-bond acceptors (Lipinski definition) is 5. The summed E-state index contributed by atoms with van der Waals surface area (Å²) in [6.45, 7) is 1.91. The molecule has 2 N–H and O–H groups in total. The standard InChI is InChI=1S/C19H21ClF3N3O3S/c1-26-10-8-13(9-11-26)24-18-12-14(2-7-17(18)20)25-30(27,28)16-5-3-15(4-6-16)29-19(21,22)23/h2-7,12-13,24-25H,8-11H2,1H3. The van der Waals surface area contributed by atoms with E-state index in [0.717, 1.165) is 50.2 Å². The molecule has 0 spiro atoms. The van der Waals surface area contributed by atoms with Crippen LogP contribution in [0.5, 0.6) is 5.75 Å². The number of halogens is 4. The van der Waals surface area contributed by atoms with Crippen LogP contribution in [0.25, 0.3) is 0 Å². The Kier molecular flexibility index (Phi) is 6.68. The van der Waals surface area contributed by atoms with Crippen LogP contribution >= 0.6 is 11.6 Å². The summed E-state index contributed by atoms with van der Waals surface area (Å²) < 4.78 is 68.1. The molecule has 0 bridgehead atoms. The topological polar surface area (TPSA) is 70.7 Å². The van der Waals surface area contributed by atoms with E-state index in [1.165, 1.54) is 6.07 Å². The van der Waals surface area contributed by atoms with Crippen LogP contribution in [0.2, 0.25) is 5.02 Å². The van der Waals surface area contributed by atoms with Crippen LogP contribution < -0.4 is 14.8 Å². The second-order valence-electron chi connectivity index (χ2n) is 7.04. The number of ether oxygens (including phenoxy) is 1. The van der Waals surface area contributed by atoms with Crippen molar-refractivity contribution in [3.05, 3.63) is 47.5 Å². The predicted molar refractivity (Wildman–Crippen MR) is 110 cm³/mol. The van der Waals surface area contributed by atoms with Gasteiger partial charge in [-0.25, -0.2) is 8.42 Å². The quantitative estimate of drug-likeness (QED) is 0.658. The van der Waals surface area contributed by atoms with Gasteiger partial charge in [0.15, 0.2) is 0 Å². The van der Waals surface area contributed by atoms with Crippen molar-refractivity contribution >= 4 is 33.0 Å². The Hall–Kier alpha value is -2.17. The molecule has 1 aliphatic rings. The average Bonchev–Trinajstić information content (AvgIpc) is 2.65. The van der Waals surface area contributed by atoms with Crippen LogP contribution in [0.1, 0.15) is 12.8 Å². The zero-order valence-electron chi connectivity index (χ0n) is 16.0. The number of benzene rings is 2. The molecule has 0 atom stereocenters. The van der Waals surface area contributed by atoms with Gasteiger partial charge in [-0.2, -0.15) is 0 Å². The molecule has 1 saturated heterocycles. The summed E-state index contributed by atoms with van der Waals surface area (Å²) in [5.74, 6) is -0.502. The Morgan fingerprint density at radius 1 is 1.10 bits per heavy atom. The highest BCUT2D eigenvalue weighted by atomic mass is 35.5. The lowest BCUT2D eigenvalue weighted by Gasteiger charge is -2.30. The number of nitrogens with zero attached hydrogens (tertiary/aromatic N) is 1. The summed E-state index contributed by atoms with van der Waals surface area (Å²) >= 11 is 6.25. The number of sulfonamides is 1. The molecule has 0 saturated carbocycles. The molecule has 1 heterocycles. The first kappa shape index (κ1) is 22.5. The van der Waals surface area contributed by atoms with E-state index in [1.807, 2.05) is 0 Å². The SMILES string of the molecule is CN1CCC(Nc2cc(NS(=O)(=O)c3ccc(OC(F)(F)F)cc3)ccc2Cl)CC1. The fourth-order valence-electron chi connectivity index (χ4n) is 3.11. The van der Waals surface area contributed by atoms with E-state index in [0.29, 0.717) is 10.7 Å². The second-order valence-corrected chi connectivity index (χ2v) is 9.13. The first-order valence-electron chi connectivity index (χ1n) is 9.15. The van der Waals surface area contributed by atoms with E-state index in [-0.39, 0.29) is 16.6 Å². The molecule has 0 amide bonds. The van der Waals surface area contributed by atoms with Gasteiger partial charge in [-0.15, -0.1) is 13.2 Å². The lowest BCUT2D eigenvalue weighted by atomic mass is 10.1. The lowest BCUT2D eigenvalue weighted by Crippen LogP contribution is -2.36. The molecule has 6 nitrogen and oxygen atoms in total. The number of piperidine rings is 1. The Labute approximate surface area is 178 Å². The number of hydrogen-bond donors (Lipinski definition) is 2. The van der Waals surface area contributed by atoms with Crippen molar-refractivity contribution in [2.45, 2.75) is 30.1 Å². The third-order valence-corrected chi connectivity index (χ3v) is 6.39. The normalized spacial score (nSPS) is 16.3. The Balaban J connectivity index is 1.71. The first-order valence-corrected chi connectivity index (χ1v) is 11.0. The van der Waals surface area contributed by atoms with Crippen molar-refractivity contribution in [1.29, 1.82) is 0 Å². The fraction of sp³-hybridized carbons (Fsp3) is 0.368. The van der Waals surface area contributed by atoms with E-state index in [9.17, 15) is 21.6 Å². The van der Waals surface area contributed by atoms with Gasteiger partial charge in [-0.1, -0.05) is 11.6 Å². The number of likely N-dealkylation sites (tertiary alicyclic amines) is 1. The zero-order chi connectivity index (χ0) is 21.9. The van der Waals surface area contributed by atoms with Crippen LogP contribution in [-0.4, -0.2) is 45.9 Å². The third-order valence-electron chi connectivity index (χ3n) is 4.66.